The van der Waals surface area contributed by atoms with E-state index in [0.29, 0.717) is 47.8 Å². The van der Waals surface area contributed by atoms with E-state index in [-0.39, 0.29) is 49.1 Å². The molecule has 0 radical (unpaired) electrons. The lowest BCUT2D eigenvalue weighted by molar-refractivity contribution is -0.123. The van der Waals surface area contributed by atoms with Gasteiger partial charge < -0.3 is 37.4 Å². The van der Waals surface area contributed by atoms with Gasteiger partial charge in [-0.2, -0.15) is 10.5 Å². The fourth-order valence-corrected chi connectivity index (χ4v) is 4.65. The minimum atomic E-state index is -0.765. The molecule has 0 saturated carbocycles. The number of fused-ring (bicyclic) bond motifs is 1. The molecule has 272 valence electrons. The number of carbonyl (C=O) groups excluding carboxylic acids is 2. The minimum absolute atomic E-state index is 0.0384. The molecule has 2 amide bonds. The van der Waals surface area contributed by atoms with Gasteiger partial charge in [0, 0.05) is 30.8 Å². The molecule has 1 atom stereocenters. The number of nitrogens with one attached hydrogen (secondary N) is 6. The second-order valence-electron chi connectivity index (χ2n) is 12.6. The minimum Gasteiger partial charge on any atom is -0.411 e. The molecule has 2 aromatic heterocycles. The molecule has 0 bridgehead atoms. The van der Waals surface area contributed by atoms with Crippen molar-refractivity contribution in [2.45, 2.75) is 84.5 Å². The van der Waals surface area contributed by atoms with Crippen molar-refractivity contribution >= 4 is 46.0 Å². The Morgan fingerprint density at radius 2 is 1.78 bits per heavy atom. The van der Waals surface area contributed by atoms with Crippen LogP contribution in [0.1, 0.15) is 76.9 Å². The summed E-state index contributed by atoms with van der Waals surface area (Å²) in [5.41, 5.74) is 9.22. The molecule has 0 saturated heterocycles. The molecule has 10 N–H and O–H groups in total. The summed E-state index contributed by atoms with van der Waals surface area (Å²) in [6.45, 7) is 12.0. The SMILES string of the molecule is CCCC(NC(=O)c1ccc(NCc2cnc3nc(N)[nH]c(=O)c3n2)cc1)C(=O)NCC/C(=N/O)C(C)(C)NCCONC(C)(C)/C(C)=N\O. The van der Waals surface area contributed by atoms with Gasteiger partial charge in [-0.15, -0.1) is 0 Å². The second kappa shape index (κ2) is 18.0. The highest BCUT2D eigenvalue weighted by atomic mass is 16.6. The van der Waals surface area contributed by atoms with Crippen LogP contribution in [0.2, 0.25) is 0 Å². The highest BCUT2D eigenvalue weighted by Gasteiger charge is 2.27. The average molecular weight is 697 g/mol. The number of aromatic amines is 1. The van der Waals surface area contributed by atoms with E-state index in [1.165, 1.54) is 6.20 Å². The summed E-state index contributed by atoms with van der Waals surface area (Å²) in [5, 5.41) is 37.4. The van der Waals surface area contributed by atoms with E-state index < -0.39 is 28.6 Å². The maximum absolute atomic E-state index is 13.1. The number of nitrogen functional groups attached to an aromatic ring is 1. The first-order chi connectivity index (χ1) is 23.7. The Hall–Kier alpha value is -5.20. The number of anilines is 2. The summed E-state index contributed by atoms with van der Waals surface area (Å²) < 4.78 is 0. The van der Waals surface area contributed by atoms with Crippen LogP contribution in [0.15, 0.2) is 45.6 Å². The molecule has 2 heterocycles. The number of H-pyrrole nitrogens is 1. The highest BCUT2D eigenvalue weighted by Crippen LogP contribution is 2.13. The third kappa shape index (κ3) is 11.2. The summed E-state index contributed by atoms with van der Waals surface area (Å²) >= 11 is 0. The summed E-state index contributed by atoms with van der Waals surface area (Å²) in [6.07, 6.45) is 2.84. The van der Waals surface area contributed by atoms with Gasteiger partial charge in [-0.1, -0.05) is 23.7 Å². The number of oxime groups is 2. The van der Waals surface area contributed by atoms with Crippen molar-refractivity contribution < 1.29 is 24.8 Å². The van der Waals surface area contributed by atoms with E-state index in [1.54, 1.807) is 31.2 Å². The summed E-state index contributed by atoms with van der Waals surface area (Å²) in [6, 6.07) is 5.94. The maximum atomic E-state index is 13.1. The van der Waals surface area contributed by atoms with Crippen molar-refractivity contribution in [2.75, 3.05) is 30.7 Å². The molecule has 0 aliphatic heterocycles. The number of hydrogen-bond donors (Lipinski definition) is 9. The van der Waals surface area contributed by atoms with Crippen LogP contribution in [0.3, 0.4) is 0 Å². The lowest BCUT2D eigenvalue weighted by Gasteiger charge is -2.28. The van der Waals surface area contributed by atoms with Crippen LogP contribution in [-0.4, -0.2) is 90.4 Å². The quantitative estimate of drug-likeness (QED) is 0.0374. The van der Waals surface area contributed by atoms with Crippen LogP contribution in [0, 0.1) is 0 Å². The van der Waals surface area contributed by atoms with E-state index in [2.05, 4.69) is 57.0 Å². The van der Waals surface area contributed by atoms with Gasteiger partial charge in [-0.3, -0.25) is 24.2 Å². The number of aromatic nitrogens is 4. The number of hydrogen-bond acceptors (Lipinski definition) is 15. The van der Waals surface area contributed by atoms with Crippen LogP contribution in [-0.2, 0) is 16.2 Å². The Morgan fingerprint density at radius 3 is 2.44 bits per heavy atom. The molecule has 0 spiro atoms. The van der Waals surface area contributed by atoms with E-state index in [1.807, 2.05) is 34.6 Å². The van der Waals surface area contributed by atoms with Gasteiger partial charge in [0.1, 0.15) is 6.04 Å². The van der Waals surface area contributed by atoms with Gasteiger partial charge in [-0.25, -0.2) is 9.97 Å². The number of carbonyl (C=O) groups is 2. The average Bonchev–Trinajstić information content (AvgIpc) is 3.08. The Labute approximate surface area is 289 Å². The molecular formula is C32H48N12O6. The van der Waals surface area contributed by atoms with Gasteiger partial charge in [0.05, 0.1) is 47.5 Å². The normalized spacial score (nSPS) is 13.2. The molecule has 18 nitrogen and oxygen atoms in total. The highest BCUT2D eigenvalue weighted by molar-refractivity contribution is 5.98. The van der Waals surface area contributed by atoms with Gasteiger partial charge in [-0.05, 0) is 65.3 Å². The van der Waals surface area contributed by atoms with Crippen molar-refractivity contribution in [3.05, 3.63) is 52.1 Å². The summed E-state index contributed by atoms with van der Waals surface area (Å²) in [5.74, 6) is -0.791. The molecule has 1 aromatic carbocycles. The number of rotatable bonds is 19. The third-order valence-electron chi connectivity index (χ3n) is 7.96. The predicted octanol–water partition coefficient (Wildman–Crippen LogP) is 1.66. The van der Waals surface area contributed by atoms with E-state index in [4.69, 9.17) is 15.8 Å². The first kappa shape index (κ1) is 39.2. The lowest BCUT2D eigenvalue weighted by Crippen LogP contribution is -2.51. The van der Waals surface area contributed by atoms with Crippen LogP contribution >= 0.6 is 0 Å². The molecule has 1 unspecified atom stereocenters. The van der Waals surface area contributed by atoms with E-state index in [0.717, 1.165) is 0 Å². The van der Waals surface area contributed by atoms with Crippen LogP contribution in [0.25, 0.3) is 11.2 Å². The molecule has 18 heteroatoms. The van der Waals surface area contributed by atoms with Crippen molar-refractivity contribution in [1.82, 2.24) is 41.4 Å². The first-order valence-corrected chi connectivity index (χ1v) is 16.2. The van der Waals surface area contributed by atoms with Gasteiger partial charge in [0.15, 0.2) is 11.2 Å². The Balaban J connectivity index is 1.47. The predicted molar refractivity (Wildman–Crippen MR) is 189 cm³/mol. The van der Waals surface area contributed by atoms with Gasteiger partial charge in [0.2, 0.25) is 11.9 Å². The number of nitrogens with two attached hydrogens (primary N) is 1. The number of benzene rings is 1. The number of amides is 2. The molecule has 3 aromatic rings. The fourth-order valence-electron chi connectivity index (χ4n) is 4.65. The number of nitrogens with zero attached hydrogens (tertiary/aromatic N) is 5. The zero-order valence-electron chi connectivity index (χ0n) is 29.3. The zero-order valence-corrected chi connectivity index (χ0v) is 29.3. The largest absolute Gasteiger partial charge is 0.411 e. The van der Waals surface area contributed by atoms with Crippen molar-refractivity contribution in [3.8, 4) is 0 Å². The van der Waals surface area contributed by atoms with Crippen molar-refractivity contribution in [1.29, 1.82) is 0 Å². The third-order valence-corrected chi connectivity index (χ3v) is 7.96. The first-order valence-electron chi connectivity index (χ1n) is 16.2. The zero-order chi connectivity index (χ0) is 36.9. The van der Waals surface area contributed by atoms with Gasteiger partial charge in [0.25, 0.3) is 11.5 Å². The van der Waals surface area contributed by atoms with Crippen LogP contribution in [0.5, 0.6) is 0 Å². The smallest absolute Gasteiger partial charge is 0.280 e. The maximum Gasteiger partial charge on any atom is 0.280 e. The van der Waals surface area contributed by atoms with Crippen molar-refractivity contribution in [2.24, 2.45) is 10.3 Å². The van der Waals surface area contributed by atoms with Crippen LogP contribution < -0.4 is 38.0 Å². The molecule has 0 aliphatic carbocycles. The fraction of sp³-hybridized carbons (Fsp3) is 0.500. The molecule has 0 aliphatic rings. The topological polar surface area (TPSA) is 266 Å². The van der Waals surface area contributed by atoms with E-state index in [9.17, 15) is 19.6 Å². The van der Waals surface area contributed by atoms with E-state index >= 15 is 0 Å². The van der Waals surface area contributed by atoms with Crippen LogP contribution in [0.4, 0.5) is 11.6 Å². The second-order valence-corrected chi connectivity index (χ2v) is 12.6. The Kier molecular flexibility index (Phi) is 14.1. The summed E-state index contributed by atoms with van der Waals surface area (Å²) in [4.78, 5) is 58.5. The Morgan fingerprint density at radius 1 is 1.06 bits per heavy atom. The summed E-state index contributed by atoms with van der Waals surface area (Å²) in [7, 11) is 0. The molecular weight excluding hydrogens is 648 g/mol. The van der Waals surface area contributed by atoms with Gasteiger partial charge >= 0.3 is 0 Å². The molecule has 0 fully saturated rings. The standard InChI is InChI=1S/C32H48N12O6/c1-7-8-23(28(46)34-14-13-24(43-49)32(5,6)37-15-16-50-44-31(3,4)19(2)42-48)39-27(45)20-9-11-21(12-10-20)35-17-22-18-36-26-25(38-22)29(47)41-30(33)40-26/h9-12,18,23,35,37,44,48-49H,7-8,13-17H2,1-6H3,(H,34,46)(H,39,45)(H3,33,36,40,41,47)/b42-19-,43-24-. The molecule has 50 heavy (non-hydrogen) atoms. The number of hydroxylamine groups is 1. The van der Waals surface area contributed by atoms with Crippen molar-refractivity contribution in [3.63, 3.8) is 0 Å². The molecule has 3 rings (SSSR count). The Bertz CT molecular complexity index is 1720. The lowest BCUT2D eigenvalue weighted by atomic mass is 9.95. The monoisotopic (exact) mass is 696 g/mol.